The van der Waals surface area contributed by atoms with Gasteiger partial charge in [0.1, 0.15) is 0 Å². The maximum Gasteiger partial charge on any atom is 0.243 e. The van der Waals surface area contributed by atoms with Crippen molar-refractivity contribution in [2.24, 2.45) is 0 Å². The number of rotatable bonds is 7. The van der Waals surface area contributed by atoms with Crippen LogP contribution in [0.15, 0.2) is 41.6 Å². The Kier molecular flexibility index (Phi) is 6.04. The first-order valence-corrected chi connectivity index (χ1v) is 10.6. The van der Waals surface area contributed by atoms with Gasteiger partial charge in [0.15, 0.2) is 0 Å². The van der Waals surface area contributed by atoms with Crippen molar-refractivity contribution in [3.63, 3.8) is 0 Å². The van der Waals surface area contributed by atoms with Crippen molar-refractivity contribution in [2.45, 2.75) is 37.5 Å². The number of benzene rings is 1. The summed E-state index contributed by atoms with van der Waals surface area (Å²) in [4.78, 5) is 6.86. The second-order valence-electron chi connectivity index (χ2n) is 6.66. The molecule has 1 aliphatic heterocycles. The molecule has 0 spiro atoms. The lowest BCUT2D eigenvalue weighted by Crippen LogP contribution is -2.48. The Hall–Kier alpha value is -1.50. The van der Waals surface area contributed by atoms with Crippen molar-refractivity contribution >= 4 is 20.8 Å². The normalized spacial score (nSPS) is 17.2. The fourth-order valence-electron chi connectivity index (χ4n) is 3.41. The topological polar surface area (TPSA) is 53.5 Å². The maximum absolute atomic E-state index is 13.1. The Morgan fingerprint density at radius 1 is 1.04 bits per heavy atom. The molecule has 0 unspecified atom stereocenters. The molecule has 136 valence electrons. The first-order valence-electron chi connectivity index (χ1n) is 9.18. The second-order valence-corrected chi connectivity index (χ2v) is 8.57. The van der Waals surface area contributed by atoms with Crippen molar-refractivity contribution in [1.82, 2.24) is 14.2 Å². The fourth-order valence-corrected chi connectivity index (χ4v) is 5.05. The number of aromatic nitrogens is 1. The molecule has 3 rings (SSSR count). The summed E-state index contributed by atoms with van der Waals surface area (Å²) in [5.74, 6) is 0. The molecular formula is C19H27N3O2S. The standard InChI is InChI=1S/C19H27N3O2S/c1-2-3-4-5-11-21-12-14-22(15-13-21)25(23,24)19-8-6-7-17-16-20-10-9-18(17)19/h6-10,16H,2-5,11-15H2,1H3. The van der Waals surface area contributed by atoms with E-state index in [1.807, 2.05) is 6.07 Å². The van der Waals surface area contributed by atoms with E-state index in [1.165, 1.54) is 25.7 Å². The number of unbranched alkanes of at least 4 members (excludes halogenated alkanes) is 3. The van der Waals surface area contributed by atoms with Crippen molar-refractivity contribution in [2.75, 3.05) is 32.7 Å². The number of nitrogens with zero attached hydrogens (tertiary/aromatic N) is 3. The Labute approximate surface area is 150 Å². The van der Waals surface area contributed by atoms with Gasteiger partial charge in [-0.3, -0.25) is 4.98 Å². The Morgan fingerprint density at radius 2 is 1.84 bits per heavy atom. The summed E-state index contributed by atoms with van der Waals surface area (Å²) in [6.45, 7) is 6.06. The summed E-state index contributed by atoms with van der Waals surface area (Å²) in [6, 6.07) is 7.18. The van der Waals surface area contributed by atoms with E-state index < -0.39 is 10.0 Å². The average Bonchev–Trinajstić information content (AvgIpc) is 2.65. The molecule has 0 aliphatic carbocycles. The summed E-state index contributed by atoms with van der Waals surface area (Å²) in [5.41, 5.74) is 0. The Bertz CT molecular complexity index is 794. The molecule has 0 atom stereocenters. The molecule has 6 heteroatoms. The van der Waals surface area contributed by atoms with Gasteiger partial charge in [0.05, 0.1) is 4.90 Å². The highest BCUT2D eigenvalue weighted by Gasteiger charge is 2.29. The second kappa shape index (κ2) is 8.25. The van der Waals surface area contributed by atoms with Crippen molar-refractivity contribution in [1.29, 1.82) is 0 Å². The van der Waals surface area contributed by atoms with Gasteiger partial charge in [-0.2, -0.15) is 4.31 Å². The predicted molar refractivity (Wildman–Crippen MR) is 101 cm³/mol. The number of piperazine rings is 1. The predicted octanol–water partition coefficient (Wildman–Crippen LogP) is 3.12. The zero-order valence-electron chi connectivity index (χ0n) is 14.9. The maximum atomic E-state index is 13.1. The molecule has 0 amide bonds. The molecule has 2 heterocycles. The lowest BCUT2D eigenvalue weighted by molar-refractivity contribution is 0.185. The lowest BCUT2D eigenvalue weighted by atomic mass is 10.2. The number of sulfonamides is 1. The van der Waals surface area contributed by atoms with Crippen LogP contribution in [0.1, 0.15) is 32.6 Å². The Balaban J connectivity index is 1.68. The van der Waals surface area contributed by atoms with Crippen LogP contribution in [0, 0.1) is 0 Å². The molecular weight excluding hydrogens is 334 g/mol. The van der Waals surface area contributed by atoms with E-state index in [1.54, 1.807) is 34.9 Å². The van der Waals surface area contributed by atoms with Gasteiger partial charge in [-0.25, -0.2) is 8.42 Å². The molecule has 1 aromatic heterocycles. The van der Waals surface area contributed by atoms with E-state index in [0.717, 1.165) is 30.4 Å². The highest BCUT2D eigenvalue weighted by Crippen LogP contribution is 2.25. The molecule has 2 aromatic rings. The highest BCUT2D eigenvalue weighted by atomic mass is 32.2. The van der Waals surface area contributed by atoms with Gasteiger partial charge in [0.25, 0.3) is 0 Å². The molecule has 1 aromatic carbocycles. The van der Waals surface area contributed by atoms with Gasteiger partial charge in [-0.05, 0) is 25.1 Å². The van der Waals surface area contributed by atoms with Crippen LogP contribution in [0.25, 0.3) is 10.8 Å². The third-order valence-corrected chi connectivity index (χ3v) is 6.87. The lowest BCUT2D eigenvalue weighted by Gasteiger charge is -2.34. The summed E-state index contributed by atoms with van der Waals surface area (Å²) in [7, 11) is -3.46. The molecule has 1 aliphatic rings. The molecule has 0 bridgehead atoms. The van der Waals surface area contributed by atoms with Crippen LogP contribution in [0.3, 0.4) is 0 Å². The van der Waals surface area contributed by atoms with Crippen LogP contribution in [0.2, 0.25) is 0 Å². The Morgan fingerprint density at radius 3 is 2.60 bits per heavy atom. The van der Waals surface area contributed by atoms with Crippen LogP contribution in [0.5, 0.6) is 0 Å². The molecule has 1 saturated heterocycles. The SMILES string of the molecule is CCCCCCN1CCN(S(=O)(=O)c2cccc3cnccc23)CC1. The van der Waals surface area contributed by atoms with Crippen molar-refractivity contribution < 1.29 is 8.42 Å². The average molecular weight is 362 g/mol. The summed E-state index contributed by atoms with van der Waals surface area (Å²) < 4.78 is 27.8. The zero-order chi connectivity index (χ0) is 17.7. The summed E-state index contributed by atoms with van der Waals surface area (Å²) in [6.07, 6.45) is 8.35. The minimum Gasteiger partial charge on any atom is -0.301 e. The molecule has 0 saturated carbocycles. The van der Waals surface area contributed by atoms with E-state index in [4.69, 9.17) is 0 Å². The minimum absolute atomic E-state index is 0.392. The van der Waals surface area contributed by atoms with E-state index in [0.29, 0.717) is 18.0 Å². The fraction of sp³-hybridized carbons (Fsp3) is 0.526. The highest BCUT2D eigenvalue weighted by molar-refractivity contribution is 7.89. The van der Waals surface area contributed by atoms with Gasteiger partial charge in [-0.1, -0.05) is 38.3 Å². The quantitative estimate of drug-likeness (QED) is 0.711. The number of pyridine rings is 1. The summed E-state index contributed by atoms with van der Waals surface area (Å²) >= 11 is 0. The molecule has 0 radical (unpaired) electrons. The van der Waals surface area contributed by atoms with Gasteiger partial charge >= 0.3 is 0 Å². The molecule has 0 N–H and O–H groups in total. The van der Waals surface area contributed by atoms with E-state index in [2.05, 4.69) is 16.8 Å². The van der Waals surface area contributed by atoms with Crippen molar-refractivity contribution in [3.05, 3.63) is 36.7 Å². The van der Waals surface area contributed by atoms with Crippen LogP contribution < -0.4 is 0 Å². The third-order valence-electron chi connectivity index (χ3n) is 4.92. The van der Waals surface area contributed by atoms with Gasteiger partial charge in [0, 0.05) is 49.3 Å². The van der Waals surface area contributed by atoms with E-state index >= 15 is 0 Å². The smallest absolute Gasteiger partial charge is 0.243 e. The number of fused-ring (bicyclic) bond motifs is 1. The van der Waals surface area contributed by atoms with Crippen LogP contribution >= 0.6 is 0 Å². The zero-order valence-corrected chi connectivity index (χ0v) is 15.7. The van der Waals surface area contributed by atoms with Crippen LogP contribution in [-0.2, 0) is 10.0 Å². The van der Waals surface area contributed by atoms with Gasteiger partial charge in [0.2, 0.25) is 10.0 Å². The molecule has 5 nitrogen and oxygen atoms in total. The number of hydrogen-bond acceptors (Lipinski definition) is 4. The van der Waals surface area contributed by atoms with Gasteiger partial charge < -0.3 is 4.90 Å². The monoisotopic (exact) mass is 361 g/mol. The van der Waals surface area contributed by atoms with E-state index in [9.17, 15) is 8.42 Å². The van der Waals surface area contributed by atoms with Crippen molar-refractivity contribution in [3.8, 4) is 0 Å². The molecule has 25 heavy (non-hydrogen) atoms. The van der Waals surface area contributed by atoms with Gasteiger partial charge in [-0.15, -0.1) is 0 Å². The van der Waals surface area contributed by atoms with Crippen LogP contribution in [0.4, 0.5) is 0 Å². The number of hydrogen-bond donors (Lipinski definition) is 0. The first-order chi connectivity index (χ1) is 12.1. The van der Waals surface area contributed by atoms with Crippen LogP contribution in [-0.4, -0.2) is 55.3 Å². The third kappa shape index (κ3) is 4.19. The first kappa shape index (κ1) is 18.3. The largest absolute Gasteiger partial charge is 0.301 e. The van der Waals surface area contributed by atoms with E-state index in [-0.39, 0.29) is 0 Å². The minimum atomic E-state index is -3.46. The molecule has 1 fully saturated rings. The summed E-state index contributed by atoms with van der Waals surface area (Å²) in [5, 5.41) is 1.61.